The summed E-state index contributed by atoms with van der Waals surface area (Å²) in [5.41, 5.74) is 0.819. The number of hydrogen-bond acceptors (Lipinski definition) is 5. The molecule has 1 N–H and O–H groups in total. The molecule has 5 nitrogen and oxygen atoms in total. The Bertz CT molecular complexity index is 990. The van der Waals surface area contributed by atoms with Crippen LogP contribution >= 0.6 is 0 Å². The van der Waals surface area contributed by atoms with Crippen LogP contribution in [0.4, 0.5) is 0 Å². The Morgan fingerprint density at radius 1 is 0.929 bits per heavy atom. The third kappa shape index (κ3) is 4.66. The third-order valence-corrected chi connectivity index (χ3v) is 4.45. The molecule has 0 radical (unpaired) electrons. The molecule has 0 unspecified atom stereocenters. The summed E-state index contributed by atoms with van der Waals surface area (Å²) < 4.78 is 17.7. The maximum atomic E-state index is 12.5. The van der Waals surface area contributed by atoms with Crippen LogP contribution in [-0.4, -0.2) is 18.3 Å². The Balaban J connectivity index is 2.04. The van der Waals surface area contributed by atoms with E-state index < -0.39 is 0 Å². The molecule has 0 saturated carbocycles. The minimum atomic E-state index is -0.173. The first-order chi connectivity index (χ1) is 13.6. The van der Waals surface area contributed by atoms with Crippen molar-refractivity contribution in [3.05, 3.63) is 52.7 Å². The van der Waals surface area contributed by atoms with E-state index in [1.807, 2.05) is 18.2 Å². The minimum absolute atomic E-state index is 0.0452. The highest BCUT2D eigenvalue weighted by Crippen LogP contribution is 2.35. The van der Waals surface area contributed by atoms with Gasteiger partial charge in [-0.1, -0.05) is 26.7 Å². The number of rotatable bonds is 9. The van der Waals surface area contributed by atoms with Crippen molar-refractivity contribution in [2.75, 3.05) is 13.2 Å². The van der Waals surface area contributed by atoms with Gasteiger partial charge in [0.2, 0.25) is 0 Å². The Morgan fingerprint density at radius 2 is 1.68 bits per heavy atom. The largest absolute Gasteiger partial charge is 0.508 e. The van der Waals surface area contributed by atoms with Gasteiger partial charge in [0.25, 0.3) is 0 Å². The number of phenols is 1. The van der Waals surface area contributed by atoms with Gasteiger partial charge < -0.3 is 19.0 Å². The first-order valence-corrected chi connectivity index (χ1v) is 9.79. The van der Waals surface area contributed by atoms with Crippen LogP contribution in [0, 0.1) is 0 Å². The summed E-state index contributed by atoms with van der Waals surface area (Å²) in [6, 6.07) is 11.5. The number of aromatic hydroxyl groups is 1. The monoisotopic (exact) mass is 382 g/mol. The van der Waals surface area contributed by atoms with Crippen LogP contribution in [0.5, 0.6) is 17.2 Å². The van der Waals surface area contributed by atoms with Crippen LogP contribution in [0.1, 0.15) is 39.5 Å². The first-order valence-electron chi connectivity index (χ1n) is 9.79. The predicted molar refractivity (Wildman–Crippen MR) is 110 cm³/mol. The molecule has 5 heteroatoms. The highest BCUT2D eigenvalue weighted by Gasteiger charge is 2.14. The second-order valence-corrected chi connectivity index (χ2v) is 6.72. The summed E-state index contributed by atoms with van der Waals surface area (Å²) in [6.07, 6.45) is 3.98. The fraction of sp³-hybridized carbons (Fsp3) is 0.348. The number of unbranched alkanes of at least 4 members (excludes halogenated alkanes) is 2. The molecule has 0 atom stereocenters. The van der Waals surface area contributed by atoms with E-state index in [2.05, 4.69) is 13.8 Å². The van der Waals surface area contributed by atoms with E-state index in [4.69, 9.17) is 13.9 Å². The average Bonchev–Trinajstić information content (AvgIpc) is 2.68. The Labute approximate surface area is 164 Å². The summed E-state index contributed by atoms with van der Waals surface area (Å²) in [7, 11) is 0. The minimum Gasteiger partial charge on any atom is -0.508 e. The van der Waals surface area contributed by atoms with E-state index in [0.717, 1.165) is 25.7 Å². The molecule has 28 heavy (non-hydrogen) atoms. The molecule has 3 rings (SSSR count). The van der Waals surface area contributed by atoms with Gasteiger partial charge in [0.05, 0.1) is 24.2 Å². The molecule has 148 valence electrons. The van der Waals surface area contributed by atoms with Gasteiger partial charge in [0, 0.05) is 12.1 Å². The van der Waals surface area contributed by atoms with Gasteiger partial charge >= 0.3 is 0 Å². The smallest absolute Gasteiger partial charge is 0.193 e. The maximum absolute atomic E-state index is 12.5. The number of benzene rings is 2. The lowest BCUT2D eigenvalue weighted by molar-refractivity contribution is 0.301. The molecule has 0 bridgehead atoms. The van der Waals surface area contributed by atoms with Crippen LogP contribution < -0.4 is 14.9 Å². The zero-order valence-electron chi connectivity index (χ0n) is 16.4. The zero-order chi connectivity index (χ0) is 19.9. The predicted octanol–water partition coefficient (Wildman–Crippen LogP) is 5.52. The fourth-order valence-corrected chi connectivity index (χ4v) is 2.85. The molecule has 0 aliphatic carbocycles. The molecule has 0 aliphatic rings. The normalized spacial score (nSPS) is 10.9. The van der Waals surface area contributed by atoms with Crippen molar-refractivity contribution in [1.82, 2.24) is 0 Å². The molecular weight excluding hydrogens is 356 g/mol. The van der Waals surface area contributed by atoms with E-state index in [9.17, 15) is 9.90 Å². The Kier molecular flexibility index (Phi) is 6.58. The van der Waals surface area contributed by atoms with Crippen molar-refractivity contribution in [3.63, 3.8) is 0 Å². The van der Waals surface area contributed by atoms with Gasteiger partial charge in [0.1, 0.15) is 28.6 Å². The molecule has 0 amide bonds. The highest BCUT2D eigenvalue weighted by atomic mass is 16.5. The van der Waals surface area contributed by atoms with Gasteiger partial charge in [-0.15, -0.1) is 0 Å². The first kappa shape index (κ1) is 19.8. The lowest BCUT2D eigenvalue weighted by Crippen LogP contribution is -2.03. The van der Waals surface area contributed by atoms with Crippen molar-refractivity contribution in [2.45, 2.75) is 39.5 Å². The second kappa shape index (κ2) is 9.31. The second-order valence-electron chi connectivity index (χ2n) is 6.72. The molecule has 1 aromatic heterocycles. The maximum Gasteiger partial charge on any atom is 0.193 e. The fourth-order valence-electron chi connectivity index (χ4n) is 2.85. The van der Waals surface area contributed by atoms with Crippen LogP contribution in [0.15, 0.2) is 51.7 Å². The highest BCUT2D eigenvalue weighted by molar-refractivity contribution is 5.81. The number of phenolic OH excluding ortho intramolecular Hbond substituents is 1. The van der Waals surface area contributed by atoms with Gasteiger partial charge in [0.15, 0.2) is 5.43 Å². The van der Waals surface area contributed by atoms with Crippen LogP contribution in [0.25, 0.3) is 22.3 Å². The van der Waals surface area contributed by atoms with Crippen molar-refractivity contribution in [3.8, 4) is 28.6 Å². The Morgan fingerprint density at radius 3 is 2.43 bits per heavy atom. The summed E-state index contributed by atoms with van der Waals surface area (Å²) >= 11 is 0. The van der Waals surface area contributed by atoms with Gasteiger partial charge in [-0.25, -0.2) is 0 Å². The van der Waals surface area contributed by atoms with Crippen molar-refractivity contribution in [2.24, 2.45) is 0 Å². The van der Waals surface area contributed by atoms with Crippen molar-refractivity contribution in [1.29, 1.82) is 0 Å². The van der Waals surface area contributed by atoms with E-state index >= 15 is 0 Å². The molecule has 0 fully saturated rings. The standard InChI is InChI=1S/C23H26O5/c1-3-5-11-26-17-8-10-21(27-12-6-4-2)19(14-17)23-15-20(25)18-9-7-16(24)13-22(18)28-23/h7-10,13-15,24H,3-6,11-12H2,1-2H3. The van der Waals surface area contributed by atoms with Crippen molar-refractivity contribution < 1.29 is 19.0 Å². The summed E-state index contributed by atoms with van der Waals surface area (Å²) in [5, 5.41) is 10.2. The average molecular weight is 382 g/mol. The number of hydrogen-bond donors (Lipinski definition) is 1. The van der Waals surface area contributed by atoms with E-state index in [-0.39, 0.29) is 11.2 Å². The molecule has 1 heterocycles. The molecular formula is C23H26O5. The summed E-state index contributed by atoms with van der Waals surface area (Å²) in [4.78, 5) is 12.5. The topological polar surface area (TPSA) is 68.9 Å². The van der Waals surface area contributed by atoms with Gasteiger partial charge in [-0.3, -0.25) is 4.79 Å². The quantitative estimate of drug-likeness (QED) is 0.493. The van der Waals surface area contributed by atoms with Gasteiger partial charge in [-0.2, -0.15) is 0 Å². The molecule has 2 aromatic carbocycles. The van der Waals surface area contributed by atoms with Crippen LogP contribution in [0.2, 0.25) is 0 Å². The number of fused-ring (bicyclic) bond motifs is 1. The van der Waals surface area contributed by atoms with Crippen LogP contribution in [-0.2, 0) is 0 Å². The zero-order valence-corrected chi connectivity index (χ0v) is 16.4. The molecule has 3 aromatic rings. The lowest BCUT2D eigenvalue weighted by atomic mass is 10.1. The van der Waals surface area contributed by atoms with E-state index in [1.165, 1.54) is 18.2 Å². The lowest BCUT2D eigenvalue weighted by Gasteiger charge is -2.14. The van der Waals surface area contributed by atoms with E-state index in [1.54, 1.807) is 6.07 Å². The van der Waals surface area contributed by atoms with Crippen LogP contribution in [0.3, 0.4) is 0 Å². The van der Waals surface area contributed by atoms with Gasteiger partial charge in [-0.05, 0) is 43.2 Å². The third-order valence-electron chi connectivity index (χ3n) is 4.45. The molecule has 0 spiro atoms. The molecule has 0 saturated heterocycles. The SMILES string of the molecule is CCCCOc1ccc(OCCCC)c(-c2cc(=O)c3ccc(O)cc3o2)c1. The summed E-state index contributed by atoms with van der Waals surface area (Å²) in [6.45, 7) is 5.42. The van der Waals surface area contributed by atoms with E-state index in [0.29, 0.717) is 47.0 Å². The number of ether oxygens (including phenoxy) is 2. The van der Waals surface area contributed by atoms with Crippen molar-refractivity contribution >= 4 is 11.0 Å². The summed E-state index contributed by atoms with van der Waals surface area (Å²) in [5.74, 6) is 1.77. The molecule has 0 aliphatic heterocycles. The Hall–Kier alpha value is -2.95.